The van der Waals surface area contributed by atoms with E-state index in [9.17, 15) is 9.69 Å². The number of quaternary nitrogens is 1. The molecule has 0 aliphatic heterocycles. The van der Waals surface area contributed by atoms with Gasteiger partial charge in [-0.1, -0.05) is 0 Å². The zero-order valence-electron chi connectivity index (χ0n) is 9.47. The molecule has 0 bridgehead atoms. The average Bonchev–Trinajstić information content (AvgIpc) is 1.99. The Morgan fingerprint density at radius 1 is 1.53 bits per heavy atom. The number of aliphatic carboxylic acids is 1. The lowest BCUT2D eigenvalue weighted by Gasteiger charge is -2.31. The molecule has 0 amide bonds. The number of nitrogens with zero attached hydrogens (tertiary/aromatic N) is 1. The molecule has 0 aromatic rings. The smallest absolute Gasteiger partial charge is 0.306 e. The van der Waals surface area contributed by atoms with Gasteiger partial charge in [-0.15, -0.1) is 0 Å². The van der Waals surface area contributed by atoms with Crippen molar-refractivity contribution in [3.05, 3.63) is 0 Å². The number of rotatable bonds is 7. The van der Waals surface area contributed by atoms with Gasteiger partial charge in [-0.05, 0) is 0 Å². The molecule has 1 unspecified atom stereocenters. The highest BCUT2D eigenvalue weighted by Crippen LogP contribution is 2.29. The fourth-order valence-electron chi connectivity index (χ4n) is 1.11. The number of carboxylic acids is 1. The largest absolute Gasteiger partial charge is 0.786 e. The molecule has 0 radical (unpaired) electrons. The summed E-state index contributed by atoms with van der Waals surface area (Å²) in [5.74, 6) is -0.979. The van der Waals surface area contributed by atoms with Crippen LogP contribution >= 0.6 is 8.60 Å². The Labute approximate surface area is 91.0 Å². The minimum absolute atomic E-state index is 0.181. The van der Waals surface area contributed by atoms with E-state index in [-0.39, 0.29) is 6.42 Å². The minimum atomic E-state index is -2.22. The summed E-state index contributed by atoms with van der Waals surface area (Å²) in [6.07, 6.45) is -0.786. The van der Waals surface area contributed by atoms with Crippen LogP contribution in [0, 0.1) is 0 Å². The van der Waals surface area contributed by atoms with Gasteiger partial charge in [0, 0.05) is 7.11 Å². The van der Waals surface area contributed by atoms with Gasteiger partial charge in [0.1, 0.15) is 12.6 Å². The third-order valence-corrected chi connectivity index (χ3v) is 2.31. The van der Waals surface area contributed by atoms with Crippen LogP contribution in [0.1, 0.15) is 6.42 Å². The topological polar surface area (TPSA) is 78.8 Å². The number of hydrogen-bond donors (Lipinski definition) is 1. The van der Waals surface area contributed by atoms with E-state index in [1.54, 1.807) is 0 Å². The quantitative estimate of drug-likeness (QED) is 0.491. The van der Waals surface area contributed by atoms with Crippen LogP contribution in [0.4, 0.5) is 0 Å². The van der Waals surface area contributed by atoms with Crippen molar-refractivity contribution >= 4 is 14.6 Å². The van der Waals surface area contributed by atoms with E-state index in [4.69, 9.17) is 9.63 Å². The van der Waals surface area contributed by atoms with Gasteiger partial charge < -0.3 is 23.5 Å². The summed E-state index contributed by atoms with van der Waals surface area (Å²) in [6.45, 7) is 0.455. The second kappa shape index (κ2) is 6.35. The van der Waals surface area contributed by atoms with E-state index < -0.39 is 20.7 Å². The average molecular weight is 239 g/mol. The number of likely N-dealkylation sites (N-methyl/N-ethyl adjacent to an activating group) is 1. The van der Waals surface area contributed by atoms with Crippen molar-refractivity contribution in [2.45, 2.75) is 12.5 Å². The molecule has 0 fully saturated rings. The van der Waals surface area contributed by atoms with Crippen molar-refractivity contribution in [3.8, 4) is 0 Å². The van der Waals surface area contributed by atoms with Gasteiger partial charge in [0.15, 0.2) is 0 Å². The number of carbonyl (C=O) groups is 1. The van der Waals surface area contributed by atoms with Crippen molar-refractivity contribution in [2.24, 2.45) is 0 Å². The maximum atomic E-state index is 11.0. The molecule has 0 saturated carbocycles. The van der Waals surface area contributed by atoms with E-state index in [1.807, 2.05) is 21.1 Å². The van der Waals surface area contributed by atoms with Crippen LogP contribution in [0.25, 0.3) is 0 Å². The van der Waals surface area contributed by atoms with Crippen molar-refractivity contribution in [1.82, 2.24) is 0 Å². The SMILES string of the molecule is COP([O-])O[C@H](CC(=O)O)C[N+](C)(C)C. The van der Waals surface area contributed by atoms with Gasteiger partial charge in [-0.2, -0.15) is 0 Å². The Bertz CT molecular complexity index is 206. The third-order valence-electron chi connectivity index (χ3n) is 1.54. The van der Waals surface area contributed by atoms with Crippen molar-refractivity contribution in [2.75, 3.05) is 34.8 Å². The molecule has 0 saturated heterocycles. The fourth-order valence-corrected chi connectivity index (χ4v) is 1.58. The van der Waals surface area contributed by atoms with Crippen molar-refractivity contribution in [3.63, 3.8) is 0 Å². The Balaban J connectivity index is 4.24. The monoisotopic (exact) mass is 239 g/mol. The maximum absolute atomic E-state index is 11.0. The summed E-state index contributed by atoms with van der Waals surface area (Å²) in [5.41, 5.74) is 0. The summed E-state index contributed by atoms with van der Waals surface area (Å²) in [5, 5.41) is 8.64. The highest BCUT2D eigenvalue weighted by atomic mass is 31.2. The first kappa shape index (κ1) is 14.7. The Morgan fingerprint density at radius 2 is 2.07 bits per heavy atom. The predicted octanol–water partition coefficient (Wildman–Crippen LogP) is -0.214. The summed E-state index contributed by atoms with van der Waals surface area (Å²) in [4.78, 5) is 21.5. The van der Waals surface area contributed by atoms with Crippen LogP contribution in [0.5, 0.6) is 0 Å². The lowest BCUT2D eigenvalue weighted by molar-refractivity contribution is -0.873. The van der Waals surface area contributed by atoms with Crippen LogP contribution in [-0.2, 0) is 13.8 Å². The van der Waals surface area contributed by atoms with Crippen LogP contribution in [0.3, 0.4) is 0 Å². The highest BCUT2D eigenvalue weighted by Gasteiger charge is 2.22. The lowest BCUT2D eigenvalue weighted by atomic mass is 10.2. The van der Waals surface area contributed by atoms with Gasteiger partial charge in [-0.3, -0.25) is 4.79 Å². The zero-order chi connectivity index (χ0) is 12.1. The van der Waals surface area contributed by atoms with Crippen LogP contribution in [0.15, 0.2) is 0 Å². The minimum Gasteiger partial charge on any atom is -0.786 e. The van der Waals surface area contributed by atoms with Gasteiger partial charge in [-0.25, -0.2) is 0 Å². The van der Waals surface area contributed by atoms with Gasteiger partial charge in [0.25, 0.3) is 0 Å². The molecule has 0 heterocycles. The number of hydrogen-bond acceptors (Lipinski definition) is 4. The molecule has 0 aromatic carbocycles. The van der Waals surface area contributed by atoms with Gasteiger partial charge >= 0.3 is 5.97 Å². The van der Waals surface area contributed by atoms with Crippen molar-refractivity contribution < 1.29 is 28.3 Å². The third kappa shape index (κ3) is 8.72. The molecule has 6 nitrogen and oxygen atoms in total. The maximum Gasteiger partial charge on any atom is 0.306 e. The Kier molecular flexibility index (Phi) is 6.24. The molecule has 2 atom stereocenters. The second-order valence-electron chi connectivity index (χ2n) is 4.20. The molecule has 7 heteroatoms. The lowest BCUT2D eigenvalue weighted by Crippen LogP contribution is -2.43. The van der Waals surface area contributed by atoms with Gasteiger partial charge in [0.05, 0.1) is 36.2 Å². The summed E-state index contributed by atoms with van der Waals surface area (Å²) in [7, 11) is 4.73. The normalized spacial score (nSPS) is 16.1. The first-order valence-electron chi connectivity index (χ1n) is 4.45. The Morgan fingerprint density at radius 3 is 2.40 bits per heavy atom. The summed E-state index contributed by atoms with van der Waals surface area (Å²) in [6, 6.07) is 0. The standard InChI is InChI=1S/C8H18NO5P/c1-9(2,3)6-7(5-8(10)11)14-15(12)13-4/h7H,5-6H2,1-4H3,(H,10,11)/t7-,15?/m1/s1. The van der Waals surface area contributed by atoms with Crippen LogP contribution in [0.2, 0.25) is 0 Å². The van der Waals surface area contributed by atoms with Crippen LogP contribution in [-0.4, -0.2) is 56.5 Å². The zero-order valence-corrected chi connectivity index (χ0v) is 10.4. The van der Waals surface area contributed by atoms with E-state index in [0.717, 1.165) is 0 Å². The molecule has 0 rings (SSSR count). The number of carboxylic acid groups (broad SMARTS) is 1. The molecular formula is C8H18NO5P. The fraction of sp³-hybridized carbons (Fsp3) is 0.875. The molecule has 0 aromatic heterocycles. The molecule has 0 aliphatic rings. The summed E-state index contributed by atoms with van der Waals surface area (Å²) >= 11 is 0. The van der Waals surface area contributed by atoms with E-state index in [1.165, 1.54) is 7.11 Å². The molecular weight excluding hydrogens is 221 g/mol. The highest BCUT2D eigenvalue weighted by molar-refractivity contribution is 7.39. The van der Waals surface area contributed by atoms with E-state index >= 15 is 0 Å². The van der Waals surface area contributed by atoms with E-state index in [0.29, 0.717) is 11.0 Å². The summed E-state index contributed by atoms with van der Waals surface area (Å²) < 4.78 is 9.97. The molecule has 0 aliphatic carbocycles. The van der Waals surface area contributed by atoms with Crippen LogP contribution < -0.4 is 4.89 Å². The molecule has 90 valence electrons. The second-order valence-corrected chi connectivity index (χ2v) is 5.23. The van der Waals surface area contributed by atoms with Crippen molar-refractivity contribution in [1.29, 1.82) is 0 Å². The molecule has 0 spiro atoms. The first-order chi connectivity index (χ1) is 6.74. The molecule has 15 heavy (non-hydrogen) atoms. The Hall–Kier alpha value is -0.260. The van der Waals surface area contributed by atoms with Gasteiger partial charge in [0.2, 0.25) is 0 Å². The predicted molar refractivity (Wildman–Crippen MR) is 54.0 cm³/mol. The van der Waals surface area contributed by atoms with E-state index in [2.05, 4.69) is 4.52 Å². The first-order valence-corrected chi connectivity index (χ1v) is 5.54. The molecule has 1 N–H and O–H groups in total.